The largest absolute Gasteiger partial charge is 0.350 e. The molecule has 1 aliphatic heterocycles. The number of aryl methyl sites for hydroxylation is 1. The molecule has 1 saturated heterocycles. The van der Waals surface area contributed by atoms with Crippen molar-refractivity contribution in [2.45, 2.75) is 25.4 Å². The molecule has 0 aliphatic carbocycles. The Kier molecular flexibility index (Phi) is 3.74. The number of aromatic nitrogens is 3. The van der Waals surface area contributed by atoms with Crippen LogP contribution in [0.2, 0.25) is 0 Å². The molecule has 0 radical (unpaired) electrons. The van der Waals surface area contributed by atoms with E-state index in [0.29, 0.717) is 12.2 Å². The van der Waals surface area contributed by atoms with Crippen molar-refractivity contribution in [1.82, 2.24) is 24.4 Å². The molecule has 1 fully saturated rings. The summed E-state index contributed by atoms with van der Waals surface area (Å²) in [5.41, 5.74) is 0.395. The lowest BCUT2D eigenvalue weighted by Gasteiger charge is -2.23. The van der Waals surface area contributed by atoms with Crippen molar-refractivity contribution in [2.75, 3.05) is 20.1 Å². The average molecular weight is 289 g/mol. The van der Waals surface area contributed by atoms with Crippen LogP contribution in [0.5, 0.6) is 0 Å². The van der Waals surface area contributed by atoms with Gasteiger partial charge in [0.05, 0.1) is 6.54 Å². The second-order valence-electron chi connectivity index (χ2n) is 5.34. The normalized spacial score (nSPS) is 18.2. The minimum Gasteiger partial charge on any atom is -0.341 e. The molecule has 3 heterocycles. The van der Waals surface area contributed by atoms with Gasteiger partial charge in [0.25, 0.3) is 0 Å². The first-order valence-corrected chi connectivity index (χ1v) is 7.17. The minimum atomic E-state index is -0.205. The van der Waals surface area contributed by atoms with E-state index in [9.17, 15) is 9.59 Å². The van der Waals surface area contributed by atoms with Crippen LogP contribution >= 0.6 is 0 Å². The number of hydrogen-bond donors (Lipinski definition) is 1. The summed E-state index contributed by atoms with van der Waals surface area (Å²) in [6.45, 7) is 2.11. The zero-order valence-electron chi connectivity index (χ0n) is 12.0. The first kappa shape index (κ1) is 13.8. The SMILES string of the molecule is CN(C(=O)CCn1nc2ccccn2c1=O)[C@H]1CCNC1. The predicted octanol–water partition coefficient (Wildman–Crippen LogP) is -0.294. The minimum absolute atomic E-state index is 0.0488. The molecule has 2 aromatic rings. The number of nitrogens with one attached hydrogen (secondary N) is 1. The Balaban J connectivity index is 1.67. The van der Waals surface area contributed by atoms with E-state index < -0.39 is 0 Å². The summed E-state index contributed by atoms with van der Waals surface area (Å²) in [5.74, 6) is 0.0488. The van der Waals surface area contributed by atoms with Gasteiger partial charge in [0.1, 0.15) is 0 Å². The third-order valence-corrected chi connectivity index (χ3v) is 4.00. The number of rotatable bonds is 4. The lowest BCUT2D eigenvalue weighted by atomic mass is 10.2. The van der Waals surface area contributed by atoms with E-state index in [2.05, 4.69) is 10.4 Å². The zero-order chi connectivity index (χ0) is 14.8. The summed E-state index contributed by atoms with van der Waals surface area (Å²) in [6, 6.07) is 5.65. The van der Waals surface area contributed by atoms with E-state index in [1.807, 2.05) is 13.1 Å². The highest BCUT2D eigenvalue weighted by Gasteiger charge is 2.23. The number of carbonyl (C=O) groups excluding carboxylic acids is 1. The zero-order valence-corrected chi connectivity index (χ0v) is 12.0. The van der Waals surface area contributed by atoms with Crippen LogP contribution in [0, 0.1) is 0 Å². The molecule has 21 heavy (non-hydrogen) atoms. The first-order valence-electron chi connectivity index (χ1n) is 7.17. The highest BCUT2D eigenvalue weighted by molar-refractivity contribution is 5.76. The molecule has 0 spiro atoms. The van der Waals surface area contributed by atoms with Crippen LogP contribution in [0.15, 0.2) is 29.2 Å². The number of fused-ring (bicyclic) bond motifs is 1. The van der Waals surface area contributed by atoms with Crippen LogP contribution in [-0.2, 0) is 11.3 Å². The monoisotopic (exact) mass is 289 g/mol. The van der Waals surface area contributed by atoms with Crippen molar-refractivity contribution < 1.29 is 4.79 Å². The van der Waals surface area contributed by atoms with Gasteiger partial charge in [-0.05, 0) is 25.1 Å². The van der Waals surface area contributed by atoms with Crippen molar-refractivity contribution in [3.63, 3.8) is 0 Å². The molecular formula is C14H19N5O2. The second-order valence-corrected chi connectivity index (χ2v) is 5.34. The summed E-state index contributed by atoms with van der Waals surface area (Å²) < 4.78 is 2.84. The molecule has 0 bridgehead atoms. The summed E-state index contributed by atoms with van der Waals surface area (Å²) in [5, 5.41) is 7.47. The highest BCUT2D eigenvalue weighted by atomic mass is 16.2. The van der Waals surface area contributed by atoms with Gasteiger partial charge < -0.3 is 10.2 Å². The number of amides is 1. The van der Waals surface area contributed by atoms with Gasteiger partial charge in [-0.1, -0.05) is 6.07 Å². The van der Waals surface area contributed by atoms with Gasteiger partial charge in [-0.2, -0.15) is 0 Å². The Morgan fingerprint density at radius 3 is 3.10 bits per heavy atom. The van der Waals surface area contributed by atoms with Crippen LogP contribution in [0.3, 0.4) is 0 Å². The van der Waals surface area contributed by atoms with E-state index in [0.717, 1.165) is 19.5 Å². The summed E-state index contributed by atoms with van der Waals surface area (Å²) >= 11 is 0. The third kappa shape index (κ3) is 2.69. The fourth-order valence-corrected chi connectivity index (χ4v) is 2.67. The molecule has 0 saturated carbocycles. The van der Waals surface area contributed by atoms with Crippen LogP contribution in [-0.4, -0.2) is 51.2 Å². The van der Waals surface area contributed by atoms with E-state index in [1.54, 1.807) is 23.2 Å². The molecular weight excluding hydrogens is 270 g/mol. The predicted molar refractivity (Wildman–Crippen MR) is 78.1 cm³/mol. The molecule has 112 valence electrons. The second kappa shape index (κ2) is 5.69. The molecule has 7 nitrogen and oxygen atoms in total. The van der Waals surface area contributed by atoms with E-state index >= 15 is 0 Å². The maximum absolute atomic E-state index is 12.2. The van der Waals surface area contributed by atoms with Gasteiger partial charge >= 0.3 is 5.69 Å². The van der Waals surface area contributed by atoms with Crippen molar-refractivity contribution in [1.29, 1.82) is 0 Å². The summed E-state index contributed by atoms with van der Waals surface area (Å²) in [6.07, 6.45) is 2.95. The van der Waals surface area contributed by atoms with Crippen molar-refractivity contribution in [2.24, 2.45) is 0 Å². The molecule has 0 aromatic carbocycles. The van der Waals surface area contributed by atoms with E-state index in [-0.39, 0.29) is 24.1 Å². The van der Waals surface area contributed by atoms with Crippen LogP contribution in [0.4, 0.5) is 0 Å². The standard InChI is InChI=1S/C14H19N5O2/c1-17(11-5-7-15-10-11)13(20)6-9-19-14(21)18-8-3-2-4-12(18)16-19/h2-4,8,11,15H,5-7,9-10H2,1H3/t11-/m0/s1. The van der Waals surface area contributed by atoms with Gasteiger partial charge in [0, 0.05) is 32.3 Å². The molecule has 3 rings (SSSR count). The first-order chi connectivity index (χ1) is 10.2. The van der Waals surface area contributed by atoms with Gasteiger partial charge in [-0.25, -0.2) is 9.48 Å². The molecule has 7 heteroatoms. The van der Waals surface area contributed by atoms with Crippen LogP contribution in [0.1, 0.15) is 12.8 Å². The topological polar surface area (TPSA) is 71.6 Å². The third-order valence-electron chi connectivity index (χ3n) is 4.00. The van der Waals surface area contributed by atoms with Gasteiger partial charge in [-0.15, -0.1) is 5.10 Å². The number of nitrogens with zero attached hydrogens (tertiary/aromatic N) is 4. The number of likely N-dealkylation sites (N-methyl/N-ethyl adjacent to an activating group) is 1. The van der Waals surface area contributed by atoms with E-state index in [4.69, 9.17) is 0 Å². The van der Waals surface area contributed by atoms with Gasteiger partial charge in [-0.3, -0.25) is 9.20 Å². The lowest BCUT2D eigenvalue weighted by molar-refractivity contribution is -0.131. The lowest BCUT2D eigenvalue weighted by Crippen LogP contribution is -2.39. The number of carbonyl (C=O) groups is 1. The molecule has 1 amide bonds. The van der Waals surface area contributed by atoms with Gasteiger partial charge in [0.2, 0.25) is 5.91 Å². The summed E-state index contributed by atoms with van der Waals surface area (Å²) in [4.78, 5) is 26.1. The van der Waals surface area contributed by atoms with Gasteiger partial charge in [0.15, 0.2) is 5.65 Å². The molecule has 1 atom stereocenters. The molecule has 1 N–H and O–H groups in total. The average Bonchev–Trinajstić information content (AvgIpc) is 3.13. The highest BCUT2D eigenvalue weighted by Crippen LogP contribution is 2.08. The smallest absolute Gasteiger partial charge is 0.341 e. The Labute approximate surface area is 122 Å². The maximum atomic E-state index is 12.2. The molecule has 2 aromatic heterocycles. The fraction of sp³-hybridized carbons (Fsp3) is 0.500. The number of pyridine rings is 1. The Morgan fingerprint density at radius 1 is 1.52 bits per heavy atom. The van der Waals surface area contributed by atoms with Crippen molar-refractivity contribution >= 4 is 11.6 Å². The Bertz CT molecular complexity index is 699. The fourth-order valence-electron chi connectivity index (χ4n) is 2.67. The van der Waals surface area contributed by atoms with E-state index in [1.165, 1.54) is 9.08 Å². The van der Waals surface area contributed by atoms with Crippen LogP contribution < -0.4 is 11.0 Å². The maximum Gasteiger partial charge on any atom is 0.350 e. The quantitative estimate of drug-likeness (QED) is 0.839. The van der Waals surface area contributed by atoms with Crippen molar-refractivity contribution in [3.05, 3.63) is 34.9 Å². The van der Waals surface area contributed by atoms with Crippen LogP contribution in [0.25, 0.3) is 5.65 Å². The van der Waals surface area contributed by atoms with Crippen molar-refractivity contribution in [3.8, 4) is 0 Å². The Morgan fingerprint density at radius 2 is 2.38 bits per heavy atom. The molecule has 1 aliphatic rings. The Hall–Kier alpha value is -2.15. The summed E-state index contributed by atoms with van der Waals surface area (Å²) in [7, 11) is 1.83. The number of hydrogen-bond acceptors (Lipinski definition) is 4. The molecule has 0 unspecified atom stereocenters.